The van der Waals surface area contributed by atoms with Crippen LogP contribution in [0.5, 0.6) is 0 Å². The van der Waals surface area contributed by atoms with Crippen LogP contribution < -0.4 is 29.6 Å². The molecule has 0 unspecified atom stereocenters. The summed E-state index contributed by atoms with van der Waals surface area (Å²) in [6.07, 6.45) is 19.7. The summed E-state index contributed by atoms with van der Waals surface area (Å²) in [6, 6.07) is 0. The maximum absolute atomic E-state index is 10.1. The largest absolute Gasteiger partial charge is 1.00 e. The summed E-state index contributed by atoms with van der Waals surface area (Å²) in [5.41, 5.74) is 0. The molecule has 2 heteroatoms. The van der Waals surface area contributed by atoms with Crippen molar-refractivity contribution >= 4 is 6.29 Å². The first kappa shape index (κ1) is 22.9. The first-order chi connectivity index (χ1) is 9.27. The number of carbonyl (C=O) groups is 1. The smallest absolute Gasteiger partial charge is 1.00 e. The Kier molecular flexibility index (Phi) is 22.6. The van der Waals surface area contributed by atoms with Gasteiger partial charge in [0.2, 0.25) is 0 Å². The third kappa shape index (κ3) is 21.0. The number of carbonyl (C=O) groups excluding carboxylic acids is 1. The Hall–Kier alpha value is 0.670. The van der Waals surface area contributed by atoms with Gasteiger partial charge in [0, 0.05) is 6.42 Å². The van der Waals surface area contributed by atoms with Gasteiger partial charge in [-0.3, -0.25) is 0 Å². The van der Waals surface area contributed by atoms with Crippen LogP contribution in [0.25, 0.3) is 0 Å². The van der Waals surface area contributed by atoms with Crippen molar-refractivity contribution in [2.45, 2.75) is 104 Å². The molecule has 0 aromatic rings. The number of unbranched alkanes of at least 4 members (excludes halogenated alkanes) is 12. The van der Waals surface area contributed by atoms with Gasteiger partial charge in [0.15, 0.2) is 0 Å². The third-order valence-corrected chi connectivity index (χ3v) is 3.85. The molecule has 1 nitrogen and oxygen atoms in total. The van der Waals surface area contributed by atoms with E-state index in [0.29, 0.717) is 0 Å². The second kappa shape index (κ2) is 19.7. The molecule has 0 aromatic carbocycles. The average Bonchev–Trinajstić information content (AvgIpc) is 2.39. The molecule has 0 rings (SSSR count). The van der Waals surface area contributed by atoms with Gasteiger partial charge in [-0.2, -0.15) is 0 Å². The van der Waals surface area contributed by atoms with E-state index in [1.165, 1.54) is 77.0 Å². The Labute approximate surface area is 151 Å². The molecule has 0 bridgehead atoms. The molecule has 0 saturated heterocycles. The summed E-state index contributed by atoms with van der Waals surface area (Å²) in [5.74, 6) is 0.881. The fourth-order valence-corrected chi connectivity index (χ4v) is 2.55. The maximum Gasteiger partial charge on any atom is 1.00 e. The van der Waals surface area contributed by atoms with Crippen molar-refractivity contribution in [3.63, 3.8) is 0 Å². The molecule has 0 amide bonds. The second-order valence-electron chi connectivity index (χ2n) is 6.38. The number of hydrogen-bond acceptors (Lipinski definition) is 1. The number of rotatable bonds is 15. The molecule has 116 valence electrons. The van der Waals surface area contributed by atoms with Gasteiger partial charge in [-0.15, -0.1) is 0 Å². The summed E-state index contributed by atoms with van der Waals surface area (Å²) in [7, 11) is 0. The van der Waals surface area contributed by atoms with Crippen molar-refractivity contribution in [1.29, 1.82) is 0 Å². The van der Waals surface area contributed by atoms with Crippen LogP contribution in [-0.2, 0) is 4.79 Å². The van der Waals surface area contributed by atoms with Gasteiger partial charge in [-0.1, -0.05) is 90.9 Å². The normalized spacial score (nSPS) is 10.6. The maximum atomic E-state index is 10.1. The van der Waals surface area contributed by atoms with E-state index in [1.807, 2.05) is 0 Å². The zero-order valence-corrected chi connectivity index (χ0v) is 16.5. The molecule has 0 N–H and O–H groups in total. The van der Waals surface area contributed by atoms with Crippen LogP contribution in [0.15, 0.2) is 0 Å². The van der Waals surface area contributed by atoms with Crippen LogP contribution >= 0.6 is 0 Å². The van der Waals surface area contributed by atoms with Crippen LogP contribution in [-0.4, -0.2) is 6.29 Å². The topological polar surface area (TPSA) is 17.1 Å². The molecule has 0 fully saturated rings. The summed E-state index contributed by atoms with van der Waals surface area (Å²) in [5, 5.41) is 0. The Morgan fingerprint density at radius 3 is 1.40 bits per heavy atom. The predicted molar refractivity (Wildman–Crippen MR) is 86.7 cm³/mol. The van der Waals surface area contributed by atoms with E-state index in [-0.39, 0.29) is 31.0 Å². The summed E-state index contributed by atoms with van der Waals surface area (Å²) >= 11 is 0. The fraction of sp³-hybridized carbons (Fsp3) is 0.944. The van der Waals surface area contributed by atoms with E-state index >= 15 is 0 Å². The van der Waals surface area contributed by atoms with Crippen molar-refractivity contribution in [3.05, 3.63) is 0 Å². The molecule has 0 aromatic heterocycles. The van der Waals surface area contributed by atoms with Crippen molar-refractivity contribution in [3.8, 4) is 0 Å². The van der Waals surface area contributed by atoms with Crippen LogP contribution in [0.2, 0.25) is 0 Å². The zero-order valence-electron chi connectivity index (χ0n) is 15.5. The molecule has 20 heavy (non-hydrogen) atoms. The molecule has 0 radical (unpaired) electrons. The minimum absolute atomic E-state index is 0. The van der Waals surface area contributed by atoms with Gasteiger partial charge < -0.3 is 6.22 Å². The SMILES string of the molecule is CC(C)CCCCCCCCCCCCCCC=O.[H-].[Na+]. The Bertz CT molecular complexity index is 186. The van der Waals surface area contributed by atoms with Crippen LogP contribution in [0.1, 0.15) is 105 Å². The van der Waals surface area contributed by atoms with Crippen molar-refractivity contribution in [1.82, 2.24) is 0 Å². The van der Waals surface area contributed by atoms with Crippen LogP contribution in [0.4, 0.5) is 0 Å². The van der Waals surface area contributed by atoms with E-state index in [0.717, 1.165) is 25.0 Å². The zero-order chi connectivity index (χ0) is 14.2. The quantitative estimate of drug-likeness (QED) is 0.257. The van der Waals surface area contributed by atoms with E-state index in [4.69, 9.17) is 0 Å². The molecular formula is C18H37NaO. The van der Waals surface area contributed by atoms with Gasteiger partial charge in [-0.05, 0) is 12.3 Å². The van der Waals surface area contributed by atoms with E-state index < -0.39 is 0 Å². The third-order valence-electron chi connectivity index (χ3n) is 3.85. The number of hydrogen-bond donors (Lipinski definition) is 0. The molecule has 0 spiro atoms. The van der Waals surface area contributed by atoms with E-state index in [9.17, 15) is 4.79 Å². The molecule has 0 aliphatic rings. The van der Waals surface area contributed by atoms with Gasteiger partial charge in [-0.25, -0.2) is 0 Å². The molecule has 0 saturated carbocycles. The van der Waals surface area contributed by atoms with Gasteiger partial charge >= 0.3 is 29.6 Å². The minimum atomic E-state index is 0. The average molecular weight is 292 g/mol. The number of aldehydes is 1. The molecular weight excluding hydrogens is 255 g/mol. The summed E-state index contributed by atoms with van der Waals surface area (Å²) in [4.78, 5) is 10.1. The standard InChI is InChI=1S/C18H36O.Na.H/c1-18(2)16-14-12-10-8-6-4-3-5-7-9-11-13-15-17-19;;/h17-18H,3-16H2,1-2H3;;/q;+1;-1. The van der Waals surface area contributed by atoms with E-state index in [1.54, 1.807) is 0 Å². The summed E-state index contributed by atoms with van der Waals surface area (Å²) in [6.45, 7) is 4.64. The Morgan fingerprint density at radius 1 is 0.700 bits per heavy atom. The minimum Gasteiger partial charge on any atom is -1.00 e. The second-order valence-corrected chi connectivity index (χ2v) is 6.38. The Morgan fingerprint density at radius 2 is 1.05 bits per heavy atom. The van der Waals surface area contributed by atoms with Crippen molar-refractivity contribution < 1.29 is 35.8 Å². The Balaban J connectivity index is -0.00000162. The van der Waals surface area contributed by atoms with Crippen molar-refractivity contribution in [2.24, 2.45) is 5.92 Å². The molecule has 0 atom stereocenters. The first-order valence-corrected chi connectivity index (χ1v) is 8.71. The van der Waals surface area contributed by atoms with Gasteiger partial charge in [0.05, 0.1) is 0 Å². The fourth-order valence-electron chi connectivity index (χ4n) is 2.55. The molecule has 0 aliphatic heterocycles. The molecule has 0 heterocycles. The van der Waals surface area contributed by atoms with Crippen molar-refractivity contribution in [2.75, 3.05) is 0 Å². The van der Waals surface area contributed by atoms with Crippen LogP contribution in [0.3, 0.4) is 0 Å². The van der Waals surface area contributed by atoms with Gasteiger partial charge in [0.25, 0.3) is 0 Å². The predicted octanol–water partition coefficient (Wildman–Crippen LogP) is 3.42. The van der Waals surface area contributed by atoms with E-state index in [2.05, 4.69) is 13.8 Å². The molecule has 0 aliphatic carbocycles. The first-order valence-electron chi connectivity index (χ1n) is 8.71. The monoisotopic (exact) mass is 292 g/mol. The van der Waals surface area contributed by atoms with Gasteiger partial charge in [0.1, 0.15) is 6.29 Å². The van der Waals surface area contributed by atoms with Crippen LogP contribution in [0, 0.1) is 5.92 Å². The summed E-state index contributed by atoms with van der Waals surface area (Å²) < 4.78 is 0.